The van der Waals surface area contributed by atoms with E-state index in [1.54, 1.807) is 0 Å². The maximum absolute atomic E-state index is 13.0. The molecule has 25 heavy (non-hydrogen) atoms. The first-order chi connectivity index (χ1) is 12.2. The molecule has 1 aromatic rings. The van der Waals surface area contributed by atoms with Gasteiger partial charge >= 0.3 is 0 Å². The lowest BCUT2D eigenvalue weighted by Gasteiger charge is -2.36. The Balaban J connectivity index is 1.35. The average molecular weight is 345 g/mol. The number of hydrogen-bond donors (Lipinski definition) is 2. The summed E-state index contributed by atoms with van der Waals surface area (Å²) in [4.78, 5) is 9.07. The fourth-order valence-corrected chi connectivity index (χ4v) is 3.34. The van der Waals surface area contributed by atoms with Crippen LogP contribution in [0, 0.1) is 5.82 Å². The summed E-state index contributed by atoms with van der Waals surface area (Å²) in [7, 11) is 1.82. The van der Waals surface area contributed by atoms with E-state index in [9.17, 15) is 4.39 Å². The molecule has 0 radical (unpaired) electrons. The molecule has 1 aromatic carbocycles. The number of anilines is 1. The van der Waals surface area contributed by atoms with Crippen molar-refractivity contribution in [3.63, 3.8) is 0 Å². The fourth-order valence-electron chi connectivity index (χ4n) is 3.34. The third-order valence-corrected chi connectivity index (χ3v) is 4.86. The molecule has 0 aromatic heterocycles. The highest BCUT2D eigenvalue weighted by Gasteiger charge is 2.17. The van der Waals surface area contributed by atoms with Gasteiger partial charge in [0.2, 0.25) is 0 Å². The van der Waals surface area contributed by atoms with E-state index in [1.165, 1.54) is 12.1 Å². The topological polar surface area (TPSA) is 42.9 Å². The predicted octanol–water partition coefficient (Wildman–Crippen LogP) is 1.83. The minimum Gasteiger partial charge on any atom is -0.369 e. The number of piperazine rings is 1. The number of halogens is 1. The van der Waals surface area contributed by atoms with Crippen LogP contribution < -0.4 is 15.5 Å². The quantitative estimate of drug-likeness (QED) is 0.485. The summed E-state index contributed by atoms with van der Waals surface area (Å²) in [6.45, 7) is 5.89. The third-order valence-electron chi connectivity index (χ3n) is 4.86. The van der Waals surface area contributed by atoms with Gasteiger partial charge < -0.3 is 15.5 Å². The van der Waals surface area contributed by atoms with Crippen LogP contribution in [0.15, 0.2) is 41.4 Å². The molecule has 2 N–H and O–H groups in total. The van der Waals surface area contributed by atoms with Crippen molar-refractivity contribution in [2.24, 2.45) is 4.99 Å². The van der Waals surface area contributed by atoms with Crippen molar-refractivity contribution >= 4 is 11.6 Å². The Labute approximate surface area is 149 Å². The predicted molar refractivity (Wildman–Crippen MR) is 102 cm³/mol. The lowest BCUT2D eigenvalue weighted by molar-refractivity contribution is 0.261. The van der Waals surface area contributed by atoms with E-state index in [0.717, 1.165) is 63.8 Å². The molecule has 3 rings (SSSR count). The zero-order chi connectivity index (χ0) is 17.5. The summed E-state index contributed by atoms with van der Waals surface area (Å²) in [6.07, 6.45) is 6.58. The largest absolute Gasteiger partial charge is 0.369 e. The van der Waals surface area contributed by atoms with Gasteiger partial charge in [0, 0.05) is 58.0 Å². The first-order valence-corrected chi connectivity index (χ1v) is 9.09. The van der Waals surface area contributed by atoms with Crippen LogP contribution in [-0.2, 0) is 0 Å². The molecule has 0 saturated carbocycles. The van der Waals surface area contributed by atoms with Crippen LogP contribution in [0.2, 0.25) is 0 Å². The van der Waals surface area contributed by atoms with Crippen LogP contribution in [0.4, 0.5) is 10.1 Å². The summed E-state index contributed by atoms with van der Waals surface area (Å²) in [6, 6.07) is 7.26. The van der Waals surface area contributed by atoms with Gasteiger partial charge in [-0.05, 0) is 37.1 Å². The summed E-state index contributed by atoms with van der Waals surface area (Å²) in [5.74, 6) is 0.711. The lowest BCUT2D eigenvalue weighted by atomic mass is 10.2. The van der Waals surface area contributed by atoms with Crippen LogP contribution in [-0.4, -0.2) is 63.2 Å². The highest BCUT2D eigenvalue weighted by Crippen LogP contribution is 2.16. The van der Waals surface area contributed by atoms with E-state index >= 15 is 0 Å². The van der Waals surface area contributed by atoms with E-state index in [1.807, 2.05) is 19.2 Å². The zero-order valence-electron chi connectivity index (χ0n) is 14.9. The minimum absolute atomic E-state index is 0.177. The Hall–Kier alpha value is -2.08. The maximum atomic E-state index is 13.0. The number of hydrogen-bond acceptors (Lipinski definition) is 3. The maximum Gasteiger partial charge on any atom is 0.191 e. The van der Waals surface area contributed by atoms with Crippen LogP contribution in [0.25, 0.3) is 0 Å². The van der Waals surface area contributed by atoms with Crippen molar-refractivity contribution in [2.45, 2.75) is 18.9 Å². The Morgan fingerprint density at radius 2 is 1.80 bits per heavy atom. The van der Waals surface area contributed by atoms with E-state index in [0.29, 0.717) is 6.04 Å². The number of benzene rings is 1. The Kier molecular flexibility index (Phi) is 6.28. The molecule has 5 nitrogen and oxygen atoms in total. The molecule has 1 aliphatic carbocycles. The second-order valence-electron chi connectivity index (χ2n) is 6.59. The second-order valence-corrected chi connectivity index (χ2v) is 6.59. The van der Waals surface area contributed by atoms with E-state index in [2.05, 4.69) is 37.6 Å². The van der Waals surface area contributed by atoms with Gasteiger partial charge in [0.25, 0.3) is 0 Å². The van der Waals surface area contributed by atoms with Gasteiger partial charge in [-0.2, -0.15) is 0 Å². The average Bonchev–Trinajstić information content (AvgIpc) is 3.15. The van der Waals surface area contributed by atoms with Crippen LogP contribution in [0.1, 0.15) is 12.8 Å². The molecule has 1 heterocycles. The van der Waals surface area contributed by atoms with Gasteiger partial charge in [-0.1, -0.05) is 12.2 Å². The first kappa shape index (κ1) is 17.7. The summed E-state index contributed by atoms with van der Waals surface area (Å²) < 4.78 is 13.0. The van der Waals surface area contributed by atoms with Gasteiger partial charge in [-0.3, -0.25) is 9.89 Å². The molecule has 1 saturated heterocycles. The smallest absolute Gasteiger partial charge is 0.191 e. The van der Waals surface area contributed by atoms with Gasteiger partial charge in [0.15, 0.2) is 5.96 Å². The van der Waals surface area contributed by atoms with Crippen molar-refractivity contribution in [3.05, 3.63) is 42.2 Å². The number of aliphatic imine (C=N–C) groups is 1. The van der Waals surface area contributed by atoms with Gasteiger partial charge in [0.1, 0.15) is 5.82 Å². The third kappa shape index (κ3) is 5.19. The van der Waals surface area contributed by atoms with Crippen molar-refractivity contribution in [1.82, 2.24) is 15.5 Å². The molecular formula is C19H28FN5. The number of nitrogens with one attached hydrogen (secondary N) is 2. The molecule has 1 aliphatic heterocycles. The highest BCUT2D eigenvalue weighted by atomic mass is 19.1. The van der Waals surface area contributed by atoms with Gasteiger partial charge in [0.05, 0.1) is 0 Å². The molecule has 136 valence electrons. The molecule has 0 bridgehead atoms. The zero-order valence-corrected chi connectivity index (χ0v) is 14.9. The van der Waals surface area contributed by atoms with Crippen LogP contribution >= 0.6 is 0 Å². The Bertz CT molecular complexity index is 582. The molecule has 6 heteroatoms. The molecule has 0 spiro atoms. The lowest BCUT2D eigenvalue weighted by Crippen LogP contribution is -2.50. The van der Waals surface area contributed by atoms with Crippen LogP contribution in [0.3, 0.4) is 0 Å². The van der Waals surface area contributed by atoms with Gasteiger partial charge in [-0.15, -0.1) is 0 Å². The molecule has 2 aliphatic rings. The Morgan fingerprint density at radius 3 is 2.44 bits per heavy atom. The SMILES string of the molecule is CN=C(NCCN1CCN(c2ccc(F)cc2)CC1)NC1CC=CC1. The van der Waals surface area contributed by atoms with Crippen molar-refractivity contribution in [3.8, 4) is 0 Å². The number of guanidine groups is 1. The highest BCUT2D eigenvalue weighted by molar-refractivity contribution is 5.80. The van der Waals surface area contributed by atoms with Gasteiger partial charge in [-0.25, -0.2) is 4.39 Å². The monoisotopic (exact) mass is 345 g/mol. The molecule has 0 unspecified atom stereocenters. The van der Waals surface area contributed by atoms with Crippen molar-refractivity contribution in [1.29, 1.82) is 0 Å². The van der Waals surface area contributed by atoms with Crippen molar-refractivity contribution < 1.29 is 4.39 Å². The standard InChI is InChI=1S/C19H28FN5/c1-21-19(23-17-4-2-3-5-17)22-10-11-24-12-14-25(15-13-24)18-8-6-16(20)7-9-18/h2-3,6-9,17H,4-5,10-15H2,1H3,(H2,21,22,23). The molecule has 1 fully saturated rings. The van der Waals surface area contributed by atoms with E-state index in [-0.39, 0.29) is 5.82 Å². The van der Waals surface area contributed by atoms with E-state index < -0.39 is 0 Å². The minimum atomic E-state index is -0.177. The molecule has 0 atom stereocenters. The number of rotatable bonds is 5. The molecular weight excluding hydrogens is 317 g/mol. The van der Waals surface area contributed by atoms with E-state index in [4.69, 9.17) is 0 Å². The summed E-state index contributed by atoms with van der Waals surface area (Å²) in [5, 5.41) is 6.86. The van der Waals surface area contributed by atoms with Crippen molar-refractivity contribution in [2.75, 3.05) is 51.2 Å². The second kappa shape index (κ2) is 8.85. The number of nitrogens with zero attached hydrogens (tertiary/aromatic N) is 3. The normalized spacial score (nSPS) is 19.4. The first-order valence-electron chi connectivity index (χ1n) is 9.09. The Morgan fingerprint density at radius 1 is 1.12 bits per heavy atom. The fraction of sp³-hybridized carbons (Fsp3) is 0.526. The van der Waals surface area contributed by atoms with Crippen LogP contribution in [0.5, 0.6) is 0 Å². The summed E-state index contributed by atoms with van der Waals surface area (Å²) in [5.41, 5.74) is 1.11. The molecule has 0 amide bonds. The summed E-state index contributed by atoms with van der Waals surface area (Å²) >= 11 is 0.